The monoisotopic (exact) mass is 335 g/mol. The van der Waals surface area contributed by atoms with Crippen LogP contribution in [0.25, 0.3) is 0 Å². The smallest absolute Gasteiger partial charge is 0.315 e. The van der Waals surface area contributed by atoms with E-state index in [4.69, 9.17) is 4.74 Å². The van der Waals surface area contributed by atoms with Gasteiger partial charge in [-0.05, 0) is 25.0 Å². The van der Waals surface area contributed by atoms with Gasteiger partial charge in [0.25, 0.3) is 0 Å². The lowest BCUT2D eigenvalue weighted by molar-refractivity contribution is 0.0209. The molecule has 1 aromatic rings. The van der Waals surface area contributed by atoms with Crippen molar-refractivity contribution in [3.05, 3.63) is 29.8 Å². The summed E-state index contributed by atoms with van der Waals surface area (Å²) < 4.78 is 5.37. The number of nitrogens with one attached hydrogen (secondary N) is 2. The van der Waals surface area contributed by atoms with E-state index < -0.39 is 0 Å². The molecule has 5 nitrogen and oxygen atoms in total. The van der Waals surface area contributed by atoms with Gasteiger partial charge in [0.05, 0.1) is 19.3 Å². The summed E-state index contributed by atoms with van der Waals surface area (Å²) in [5, 5.41) is 6.15. The maximum absolute atomic E-state index is 12.2. The molecule has 2 heterocycles. The van der Waals surface area contributed by atoms with Crippen LogP contribution in [-0.2, 0) is 4.74 Å². The lowest BCUT2D eigenvalue weighted by Crippen LogP contribution is -2.49. The van der Waals surface area contributed by atoms with E-state index in [2.05, 4.69) is 40.7 Å². The van der Waals surface area contributed by atoms with E-state index in [1.165, 1.54) is 10.5 Å². The number of urea groups is 1. The zero-order valence-electron chi connectivity index (χ0n) is 13.6. The normalized spacial score (nSPS) is 22.9. The Bertz CT molecular complexity index is 534. The molecule has 1 aromatic carbocycles. The van der Waals surface area contributed by atoms with Crippen molar-refractivity contribution in [2.75, 3.05) is 38.6 Å². The van der Waals surface area contributed by atoms with Crippen LogP contribution in [0.1, 0.15) is 24.9 Å². The van der Waals surface area contributed by atoms with E-state index in [0.717, 1.165) is 38.5 Å². The Labute approximate surface area is 142 Å². The second-order valence-corrected chi connectivity index (χ2v) is 7.22. The Morgan fingerprint density at radius 3 is 3.00 bits per heavy atom. The van der Waals surface area contributed by atoms with E-state index in [9.17, 15) is 4.79 Å². The highest BCUT2D eigenvalue weighted by Crippen LogP contribution is 2.35. The molecule has 2 atom stereocenters. The van der Waals surface area contributed by atoms with Gasteiger partial charge in [0.2, 0.25) is 0 Å². The molecule has 0 saturated carbocycles. The molecule has 0 aromatic heterocycles. The minimum atomic E-state index is -0.0724. The Morgan fingerprint density at radius 2 is 2.17 bits per heavy atom. The second kappa shape index (κ2) is 8.04. The highest BCUT2D eigenvalue weighted by molar-refractivity contribution is 7.99. The highest BCUT2D eigenvalue weighted by Gasteiger charge is 2.22. The van der Waals surface area contributed by atoms with E-state index in [0.29, 0.717) is 12.6 Å². The molecule has 1 saturated heterocycles. The molecule has 2 N–H and O–H groups in total. The van der Waals surface area contributed by atoms with Crippen LogP contribution in [0.15, 0.2) is 29.2 Å². The average molecular weight is 335 g/mol. The molecule has 0 radical (unpaired) electrons. The van der Waals surface area contributed by atoms with Crippen molar-refractivity contribution in [3.63, 3.8) is 0 Å². The van der Waals surface area contributed by atoms with Crippen molar-refractivity contribution >= 4 is 17.8 Å². The summed E-state index contributed by atoms with van der Waals surface area (Å²) in [6.07, 6.45) is 0.980. The van der Waals surface area contributed by atoms with Crippen LogP contribution in [0.3, 0.4) is 0 Å². The molecular weight excluding hydrogens is 310 g/mol. The standard InChI is InChI=1S/C17H25N3O2S/c1-13(20-7-9-22-10-8-20)12-18-17(21)19-15-6-11-23-16-5-3-2-4-14(15)16/h2-5,13,15H,6-12H2,1H3,(H2,18,19,21)/t13-,15-/m0/s1. The average Bonchev–Trinajstić information content (AvgIpc) is 2.61. The van der Waals surface area contributed by atoms with Crippen LogP contribution in [0.4, 0.5) is 4.79 Å². The summed E-state index contributed by atoms with van der Waals surface area (Å²) in [5.41, 5.74) is 1.24. The third kappa shape index (κ3) is 4.40. The molecular formula is C17H25N3O2S. The predicted octanol–water partition coefficient (Wildman–Crippen LogP) is 2.24. The Hall–Kier alpha value is -1.24. The maximum Gasteiger partial charge on any atom is 0.315 e. The van der Waals surface area contributed by atoms with E-state index >= 15 is 0 Å². The van der Waals surface area contributed by atoms with Gasteiger partial charge in [0.15, 0.2) is 0 Å². The molecule has 2 aliphatic heterocycles. The van der Waals surface area contributed by atoms with Gasteiger partial charge >= 0.3 is 6.03 Å². The van der Waals surface area contributed by atoms with Gasteiger partial charge in [-0.15, -0.1) is 11.8 Å². The van der Waals surface area contributed by atoms with E-state index in [-0.39, 0.29) is 12.1 Å². The Kier molecular flexibility index (Phi) is 5.80. The summed E-state index contributed by atoms with van der Waals surface area (Å²) in [6, 6.07) is 8.72. The van der Waals surface area contributed by atoms with Gasteiger partial charge in [0, 0.05) is 36.3 Å². The summed E-state index contributed by atoms with van der Waals surface area (Å²) in [6.45, 7) is 6.27. The first-order chi connectivity index (χ1) is 11.2. The number of thioether (sulfide) groups is 1. The second-order valence-electron chi connectivity index (χ2n) is 6.08. The van der Waals surface area contributed by atoms with Crippen LogP contribution in [0.2, 0.25) is 0 Å². The first-order valence-electron chi connectivity index (χ1n) is 8.32. The van der Waals surface area contributed by atoms with Gasteiger partial charge in [0.1, 0.15) is 0 Å². The summed E-state index contributed by atoms with van der Waals surface area (Å²) >= 11 is 1.87. The Balaban J connectivity index is 1.48. The first kappa shape index (κ1) is 16.6. The molecule has 126 valence electrons. The molecule has 1 fully saturated rings. The number of ether oxygens (including phenoxy) is 1. The fraction of sp³-hybridized carbons (Fsp3) is 0.588. The third-order valence-electron chi connectivity index (χ3n) is 4.49. The van der Waals surface area contributed by atoms with Gasteiger partial charge < -0.3 is 15.4 Å². The molecule has 0 aliphatic carbocycles. The number of morpholine rings is 1. The van der Waals surface area contributed by atoms with Crippen LogP contribution < -0.4 is 10.6 Å². The van der Waals surface area contributed by atoms with Gasteiger partial charge in [-0.3, -0.25) is 4.90 Å². The van der Waals surface area contributed by atoms with Gasteiger partial charge in [-0.25, -0.2) is 4.79 Å². The molecule has 0 bridgehead atoms. The van der Waals surface area contributed by atoms with E-state index in [1.807, 2.05) is 17.8 Å². The number of rotatable bonds is 4. The number of hydrogen-bond donors (Lipinski definition) is 2. The number of fused-ring (bicyclic) bond motifs is 1. The van der Waals surface area contributed by atoms with Gasteiger partial charge in [-0.2, -0.15) is 0 Å². The first-order valence-corrected chi connectivity index (χ1v) is 9.30. The van der Waals surface area contributed by atoms with Crippen molar-refractivity contribution in [1.82, 2.24) is 15.5 Å². The largest absolute Gasteiger partial charge is 0.379 e. The summed E-state index contributed by atoms with van der Waals surface area (Å²) in [7, 11) is 0. The SMILES string of the molecule is C[C@@H](CNC(=O)N[C@H]1CCSc2ccccc21)N1CCOCC1. The number of amides is 2. The summed E-state index contributed by atoms with van der Waals surface area (Å²) in [5.74, 6) is 1.05. The summed E-state index contributed by atoms with van der Waals surface area (Å²) in [4.78, 5) is 15.9. The maximum atomic E-state index is 12.2. The van der Waals surface area contributed by atoms with Crippen molar-refractivity contribution in [2.24, 2.45) is 0 Å². The van der Waals surface area contributed by atoms with Crippen LogP contribution in [0.5, 0.6) is 0 Å². The van der Waals surface area contributed by atoms with Crippen LogP contribution in [0, 0.1) is 0 Å². The topological polar surface area (TPSA) is 53.6 Å². The van der Waals surface area contributed by atoms with Crippen molar-refractivity contribution in [3.8, 4) is 0 Å². The van der Waals surface area contributed by atoms with Crippen LogP contribution >= 0.6 is 11.8 Å². The molecule has 3 rings (SSSR count). The number of hydrogen-bond acceptors (Lipinski definition) is 4. The minimum Gasteiger partial charge on any atom is -0.379 e. The molecule has 2 aliphatic rings. The zero-order valence-corrected chi connectivity index (χ0v) is 14.4. The molecule has 6 heteroatoms. The van der Waals surface area contributed by atoms with Crippen LogP contribution in [-0.4, -0.2) is 55.6 Å². The fourth-order valence-corrected chi connectivity index (χ4v) is 4.21. The quantitative estimate of drug-likeness (QED) is 0.886. The number of carbonyl (C=O) groups is 1. The van der Waals surface area contributed by atoms with Crippen molar-refractivity contribution < 1.29 is 9.53 Å². The van der Waals surface area contributed by atoms with Gasteiger partial charge in [-0.1, -0.05) is 18.2 Å². The number of carbonyl (C=O) groups excluding carboxylic acids is 1. The fourth-order valence-electron chi connectivity index (χ4n) is 3.09. The lowest BCUT2D eigenvalue weighted by atomic mass is 10.0. The molecule has 0 spiro atoms. The van der Waals surface area contributed by atoms with Crippen molar-refractivity contribution in [1.29, 1.82) is 0 Å². The number of nitrogens with zero attached hydrogens (tertiary/aromatic N) is 1. The zero-order chi connectivity index (χ0) is 16.1. The Morgan fingerprint density at radius 1 is 1.39 bits per heavy atom. The molecule has 2 amide bonds. The lowest BCUT2D eigenvalue weighted by Gasteiger charge is -2.32. The van der Waals surface area contributed by atoms with E-state index in [1.54, 1.807) is 0 Å². The highest BCUT2D eigenvalue weighted by atomic mass is 32.2. The minimum absolute atomic E-state index is 0.0724. The number of benzene rings is 1. The predicted molar refractivity (Wildman–Crippen MR) is 92.9 cm³/mol. The molecule has 23 heavy (non-hydrogen) atoms. The molecule has 0 unspecified atom stereocenters. The third-order valence-corrected chi connectivity index (χ3v) is 5.61. The van der Waals surface area contributed by atoms with Crippen molar-refractivity contribution in [2.45, 2.75) is 30.3 Å².